The maximum absolute atomic E-state index is 6.07. The molecule has 0 saturated heterocycles. The Bertz CT molecular complexity index is 418. The first-order valence-electron chi connectivity index (χ1n) is 4.87. The summed E-state index contributed by atoms with van der Waals surface area (Å²) in [6, 6.07) is 0.208. The highest BCUT2D eigenvalue weighted by atomic mass is 32.1. The minimum atomic E-state index is -0.155. The van der Waals surface area contributed by atoms with Crippen LogP contribution in [0.4, 0.5) is 0 Å². The molecule has 0 bridgehead atoms. The van der Waals surface area contributed by atoms with E-state index in [-0.39, 0.29) is 6.04 Å². The average Bonchev–Trinajstić information content (AvgIpc) is 2.88. The molecule has 0 aliphatic carbocycles. The molecule has 4 nitrogen and oxygen atoms in total. The summed E-state index contributed by atoms with van der Waals surface area (Å²) in [6.45, 7) is 4.18. The van der Waals surface area contributed by atoms with Gasteiger partial charge in [-0.1, -0.05) is 0 Å². The van der Waals surface area contributed by atoms with Crippen molar-refractivity contribution in [1.82, 2.24) is 14.8 Å². The zero-order valence-corrected chi connectivity index (χ0v) is 9.61. The molecule has 0 radical (unpaired) electrons. The number of nitrogens with zero attached hydrogens (tertiary/aromatic N) is 3. The monoisotopic (exact) mass is 222 g/mol. The smallest absolute Gasteiger partial charge is 0.114 e. The van der Waals surface area contributed by atoms with Crippen LogP contribution in [0.25, 0.3) is 0 Å². The molecule has 0 amide bonds. The van der Waals surface area contributed by atoms with Gasteiger partial charge in [-0.25, -0.2) is 4.98 Å². The van der Waals surface area contributed by atoms with Gasteiger partial charge in [0.25, 0.3) is 0 Å². The summed E-state index contributed by atoms with van der Waals surface area (Å²) in [7, 11) is 0. The molecule has 2 aromatic rings. The fraction of sp³-hybridized carbons (Fsp3) is 0.400. The molecule has 0 fully saturated rings. The lowest BCUT2D eigenvalue weighted by atomic mass is 10.2. The molecular weight excluding hydrogens is 208 g/mol. The molecule has 2 N–H and O–H groups in total. The predicted octanol–water partition coefficient (Wildman–Crippen LogP) is 1.97. The quantitative estimate of drug-likeness (QED) is 0.863. The molecule has 0 aromatic carbocycles. The number of thiazole rings is 1. The summed E-state index contributed by atoms with van der Waals surface area (Å²) in [5.41, 5.74) is 7.08. The van der Waals surface area contributed by atoms with Gasteiger partial charge in [-0.15, -0.1) is 11.3 Å². The summed E-state index contributed by atoms with van der Waals surface area (Å²) in [6.07, 6.45) is 5.57. The SMILES string of the molecule is CC(C)n1cc(C(N)c2nccs2)cn1. The van der Waals surface area contributed by atoms with Gasteiger partial charge in [-0.05, 0) is 13.8 Å². The minimum Gasteiger partial charge on any atom is -0.318 e. The third-order valence-electron chi connectivity index (χ3n) is 2.23. The van der Waals surface area contributed by atoms with E-state index in [1.165, 1.54) is 0 Å². The van der Waals surface area contributed by atoms with Gasteiger partial charge in [0.05, 0.1) is 12.2 Å². The predicted molar refractivity (Wildman–Crippen MR) is 60.8 cm³/mol. The molecule has 0 aliphatic heterocycles. The highest BCUT2D eigenvalue weighted by Gasteiger charge is 2.13. The van der Waals surface area contributed by atoms with Crippen LogP contribution < -0.4 is 5.73 Å². The molecule has 0 saturated carbocycles. The second kappa shape index (κ2) is 4.12. The van der Waals surface area contributed by atoms with E-state index in [4.69, 9.17) is 5.73 Å². The van der Waals surface area contributed by atoms with Crippen molar-refractivity contribution in [3.05, 3.63) is 34.5 Å². The largest absolute Gasteiger partial charge is 0.318 e. The van der Waals surface area contributed by atoms with Crippen LogP contribution in [-0.2, 0) is 0 Å². The number of nitrogens with two attached hydrogens (primary N) is 1. The van der Waals surface area contributed by atoms with Crippen LogP contribution in [0.15, 0.2) is 24.0 Å². The Morgan fingerprint density at radius 3 is 2.80 bits per heavy atom. The van der Waals surface area contributed by atoms with Gasteiger partial charge in [-0.2, -0.15) is 5.10 Å². The Morgan fingerprint density at radius 2 is 2.27 bits per heavy atom. The highest BCUT2D eigenvalue weighted by molar-refractivity contribution is 7.09. The van der Waals surface area contributed by atoms with Crippen molar-refractivity contribution in [2.24, 2.45) is 5.73 Å². The Balaban J connectivity index is 2.23. The van der Waals surface area contributed by atoms with E-state index in [9.17, 15) is 0 Å². The summed E-state index contributed by atoms with van der Waals surface area (Å²) in [4.78, 5) is 4.20. The molecular formula is C10H14N4S. The van der Waals surface area contributed by atoms with Gasteiger partial charge >= 0.3 is 0 Å². The molecule has 0 spiro atoms. The van der Waals surface area contributed by atoms with Crippen molar-refractivity contribution in [1.29, 1.82) is 0 Å². The summed E-state index contributed by atoms with van der Waals surface area (Å²) < 4.78 is 1.91. The fourth-order valence-corrected chi connectivity index (χ4v) is 1.99. The first-order chi connectivity index (χ1) is 7.18. The van der Waals surface area contributed by atoms with Crippen LogP contribution >= 0.6 is 11.3 Å². The standard InChI is InChI=1S/C10H14N4S/c1-7(2)14-6-8(5-13-14)9(11)10-12-3-4-15-10/h3-7,9H,11H2,1-2H3. The Hall–Kier alpha value is -1.20. The van der Waals surface area contributed by atoms with Crippen LogP contribution in [0, 0.1) is 0 Å². The zero-order valence-electron chi connectivity index (χ0n) is 8.79. The van der Waals surface area contributed by atoms with E-state index in [0.29, 0.717) is 6.04 Å². The molecule has 2 aromatic heterocycles. The molecule has 1 atom stereocenters. The van der Waals surface area contributed by atoms with Crippen molar-refractivity contribution in [3.63, 3.8) is 0 Å². The van der Waals surface area contributed by atoms with E-state index in [1.807, 2.05) is 22.5 Å². The summed E-state index contributed by atoms with van der Waals surface area (Å²) >= 11 is 1.57. The van der Waals surface area contributed by atoms with Crippen molar-refractivity contribution in [3.8, 4) is 0 Å². The van der Waals surface area contributed by atoms with E-state index in [2.05, 4.69) is 23.9 Å². The number of rotatable bonds is 3. The lowest BCUT2D eigenvalue weighted by Crippen LogP contribution is -2.10. The van der Waals surface area contributed by atoms with Gasteiger partial charge in [0, 0.05) is 29.4 Å². The normalized spacial score (nSPS) is 13.3. The van der Waals surface area contributed by atoms with Gasteiger partial charge in [0.2, 0.25) is 0 Å². The maximum atomic E-state index is 6.07. The van der Waals surface area contributed by atoms with Crippen molar-refractivity contribution in [2.45, 2.75) is 25.9 Å². The second-order valence-electron chi connectivity index (χ2n) is 3.70. The van der Waals surface area contributed by atoms with E-state index >= 15 is 0 Å². The molecule has 2 rings (SSSR count). The molecule has 1 unspecified atom stereocenters. The van der Waals surface area contributed by atoms with Gasteiger partial charge < -0.3 is 5.73 Å². The average molecular weight is 222 g/mol. The highest BCUT2D eigenvalue weighted by Crippen LogP contribution is 2.21. The molecule has 2 heterocycles. The Morgan fingerprint density at radius 1 is 1.47 bits per heavy atom. The lowest BCUT2D eigenvalue weighted by Gasteiger charge is -2.06. The molecule has 15 heavy (non-hydrogen) atoms. The summed E-state index contributed by atoms with van der Waals surface area (Å²) in [5.74, 6) is 0. The van der Waals surface area contributed by atoms with E-state index in [0.717, 1.165) is 10.6 Å². The van der Waals surface area contributed by atoms with Gasteiger partial charge in [0.1, 0.15) is 5.01 Å². The summed E-state index contributed by atoms with van der Waals surface area (Å²) in [5, 5.41) is 7.12. The number of hydrogen-bond donors (Lipinski definition) is 1. The second-order valence-corrected chi connectivity index (χ2v) is 4.62. The Labute approximate surface area is 92.8 Å². The number of aromatic nitrogens is 3. The molecule has 0 aliphatic rings. The van der Waals surface area contributed by atoms with Crippen LogP contribution in [0.1, 0.15) is 36.5 Å². The van der Waals surface area contributed by atoms with E-state index < -0.39 is 0 Å². The number of hydrogen-bond acceptors (Lipinski definition) is 4. The third-order valence-corrected chi connectivity index (χ3v) is 3.09. The van der Waals surface area contributed by atoms with Crippen molar-refractivity contribution < 1.29 is 0 Å². The fourth-order valence-electron chi connectivity index (χ4n) is 1.33. The topological polar surface area (TPSA) is 56.7 Å². The van der Waals surface area contributed by atoms with Crippen molar-refractivity contribution in [2.75, 3.05) is 0 Å². The van der Waals surface area contributed by atoms with E-state index in [1.54, 1.807) is 17.5 Å². The maximum Gasteiger partial charge on any atom is 0.114 e. The van der Waals surface area contributed by atoms with Crippen LogP contribution in [0.2, 0.25) is 0 Å². The molecule has 5 heteroatoms. The van der Waals surface area contributed by atoms with Crippen molar-refractivity contribution >= 4 is 11.3 Å². The molecule has 80 valence electrons. The van der Waals surface area contributed by atoms with Crippen LogP contribution in [0.3, 0.4) is 0 Å². The van der Waals surface area contributed by atoms with Crippen LogP contribution in [-0.4, -0.2) is 14.8 Å². The Kier molecular flexibility index (Phi) is 2.83. The van der Waals surface area contributed by atoms with Gasteiger partial charge in [-0.3, -0.25) is 4.68 Å². The third kappa shape index (κ3) is 2.08. The minimum absolute atomic E-state index is 0.155. The zero-order chi connectivity index (χ0) is 10.8. The van der Waals surface area contributed by atoms with Gasteiger partial charge in [0.15, 0.2) is 0 Å². The lowest BCUT2D eigenvalue weighted by molar-refractivity contribution is 0.532. The first kappa shape index (κ1) is 10.3. The van der Waals surface area contributed by atoms with Crippen LogP contribution in [0.5, 0.6) is 0 Å². The first-order valence-corrected chi connectivity index (χ1v) is 5.75.